The average molecular weight is 430 g/mol. The van der Waals surface area contributed by atoms with Gasteiger partial charge in [-0.3, -0.25) is 0 Å². The van der Waals surface area contributed by atoms with Crippen LogP contribution in [0.4, 0.5) is 4.79 Å². The summed E-state index contributed by atoms with van der Waals surface area (Å²) in [7, 11) is 0. The van der Waals surface area contributed by atoms with Gasteiger partial charge in [0.05, 0.1) is 45.7 Å². The summed E-state index contributed by atoms with van der Waals surface area (Å²) in [5, 5.41) is 11.8. The van der Waals surface area contributed by atoms with Crippen molar-refractivity contribution in [2.75, 3.05) is 52.8 Å². The molecular formula is C24H31NO6. The topological polar surface area (TPSA) is 86.3 Å². The van der Waals surface area contributed by atoms with E-state index >= 15 is 0 Å². The number of alkyl carbamates (subject to hydrolysis) is 1. The minimum Gasteiger partial charge on any atom is -0.449 e. The molecule has 3 rings (SSSR count). The number of rotatable bonds is 13. The molecule has 31 heavy (non-hydrogen) atoms. The Labute approximate surface area is 183 Å². The Balaban J connectivity index is 1.27. The van der Waals surface area contributed by atoms with Crippen LogP contribution in [-0.4, -0.2) is 70.1 Å². The van der Waals surface area contributed by atoms with Crippen molar-refractivity contribution in [1.29, 1.82) is 0 Å². The summed E-state index contributed by atoms with van der Waals surface area (Å²) in [5.74, 6) is 0.0520. The van der Waals surface area contributed by atoms with E-state index in [1.165, 1.54) is 22.3 Å². The van der Waals surface area contributed by atoms with Gasteiger partial charge in [-0.2, -0.15) is 0 Å². The number of carbonyl (C=O) groups is 1. The van der Waals surface area contributed by atoms with Gasteiger partial charge in [-0.15, -0.1) is 0 Å². The molecule has 7 heteroatoms. The Morgan fingerprint density at radius 1 is 0.903 bits per heavy atom. The first-order valence-electron chi connectivity index (χ1n) is 10.7. The molecule has 2 aromatic rings. The minimum atomic E-state index is -0.465. The Morgan fingerprint density at radius 3 is 2.06 bits per heavy atom. The summed E-state index contributed by atoms with van der Waals surface area (Å²) < 4.78 is 21.4. The fourth-order valence-corrected chi connectivity index (χ4v) is 3.57. The molecule has 0 saturated carbocycles. The lowest BCUT2D eigenvalue weighted by molar-refractivity contribution is -0.00560. The molecule has 0 heterocycles. The van der Waals surface area contributed by atoms with Gasteiger partial charge in [0.2, 0.25) is 0 Å². The summed E-state index contributed by atoms with van der Waals surface area (Å²) in [6, 6.07) is 16.5. The van der Waals surface area contributed by atoms with Crippen molar-refractivity contribution >= 4 is 6.09 Å². The van der Waals surface area contributed by atoms with Gasteiger partial charge in [-0.25, -0.2) is 4.79 Å². The first-order chi connectivity index (χ1) is 15.2. The van der Waals surface area contributed by atoms with E-state index in [0.717, 1.165) is 0 Å². The van der Waals surface area contributed by atoms with Gasteiger partial charge in [0.1, 0.15) is 6.61 Å². The first-order valence-corrected chi connectivity index (χ1v) is 10.7. The largest absolute Gasteiger partial charge is 0.449 e. The van der Waals surface area contributed by atoms with E-state index in [4.69, 9.17) is 24.1 Å². The van der Waals surface area contributed by atoms with Crippen LogP contribution in [-0.2, 0) is 18.9 Å². The number of aliphatic hydroxyl groups is 1. The molecule has 2 N–H and O–H groups in total. The second-order valence-electron chi connectivity index (χ2n) is 7.40. The smallest absolute Gasteiger partial charge is 0.407 e. The molecule has 0 fully saturated rings. The van der Waals surface area contributed by atoms with Crippen LogP contribution in [0.15, 0.2) is 48.5 Å². The van der Waals surface area contributed by atoms with E-state index < -0.39 is 12.2 Å². The zero-order chi connectivity index (χ0) is 21.9. The quantitative estimate of drug-likeness (QED) is 0.476. The van der Waals surface area contributed by atoms with Crippen LogP contribution in [0.25, 0.3) is 11.1 Å². The Morgan fingerprint density at radius 2 is 1.45 bits per heavy atom. The van der Waals surface area contributed by atoms with Crippen molar-refractivity contribution < 1.29 is 28.8 Å². The van der Waals surface area contributed by atoms with Crippen LogP contribution in [0.2, 0.25) is 0 Å². The molecule has 0 radical (unpaired) electrons. The van der Waals surface area contributed by atoms with Crippen molar-refractivity contribution in [2.45, 2.75) is 18.9 Å². The fourth-order valence-electron chi connectivity index (χ4n) is 3.57. The van der Waals surface area contributed by atoms with E-state index in [-0.39, 0.29) is 5.92 Å². The third-order valence-electron chi connectivity index (χ3n) is 4.96. The van der Waals surface area contributed by atoms with Crippen molar-refractivity contribution in [3.8, 4) is 11.1 Å². The highest BCUT2D eigenvalue weighted by Crippen LogP contribution is 2.44. The molecule has 7 nitrogen and oxygen atoms in total. The second-order valence-corrected chi connectivity index (χ2v) is 7.40. The number of hydrogen-bond donors (Lipinski definition) is 2. The highest BCUT2D eigenvalue weighted by Gasteiger charge is 2.28. The lowest BCUT2D eigenvalue weighted by atomic mass is 9.98. The molecule has 0 spiro atoms. The van der Waals surface area contributed by atoms with E-state index in [1.807, 2.05) is 24.3 Å². The predicted molar refractivity (Wildman–Crippen MR) is 117 cm³/mol. The highest BCUT2D eigenvalue weighted by atomic mass is 16.6. The van der Waals surface area contributed by atoms with E-state index in [9.17, 15) is 4.79 Å². The van der Waals surface area contributed by atoms with E-state index in [1.54, 1.807) is 6.92 Å². The Bertz CT molecular complexity index is 780. The number of nitrogens with one attached hydrogen (secondary N) is 1. The fraction of sp³-hybridized carbons (Fsp3) is 0.458. The van der Waals surface area contributed by atoms with E-state index in [2.05, 4.69) is 29.6 Å². The summed E-state index contributed by atoms with van der Waals surface area (Å²) in [4.78, 5) is 12.1. The van der Waals surface area contributed by atoms with Gasteiger partial charge in [-0.05, 0) is 29.2 Å². The zero-order valence-corrected chi connectivity index (χ0v) is 17.9. The molecule has 1 aliphatic rings. The van der Waals surface area contributed by atoms with Crippen LogP contribution in [0.3, 0.4) is 0 Å². The van der Waals surface area contributed by atoms with Crippen LogP contribution >= 0.6 is 0 Å². The number of aliphatic hydroxyl groups excluding tert-OH is 1. The van der Waals surface area contributed by atoms with Crippen molar-refractivity contribution in [3.05, 3.63) is 59.7 Å². The van der Waals surface area contributed by atoms with Crippen LogP contribution < -0.4 is 5.32 Å². The number of fused-ring (bicyclic) bond motifs is 3. The lowest BCUT2D eigenvalue weighted by Crippen LogP contribution is -2.29. The summed E-state index contributed by atoms with van der Waals surface area (Å²) >= 11 is 0. The van der Waals surface area contributed by atoms with Gasteiger partial charge in [0.25, 0.3) is 0 Å². The van der Waals surface area contributed by atoms with E-state index in [0.29, 0.717) is 52.8 Å². The van der Waals surface area contributed by atoms with Crippen LogP contribution in [0.1, 0.15) is 24.0 Å². The van der Waals surface area contributed by atoms with Crippen molar-refractivity contribution in [2.24, 2.45) is 0 Å². The molecule has 0 aliphatic heterocycles. The van der Waals surface area contributed by atoms with Crippen molar-refractivity contribution in [3.63, 3.8) is 0 Å². The Hall–Kier alpha value is -2.45. The molecule has 0 aromatic heterocycles. The summed E-state index contributed by atoms with van der Waals surface area (Å²) in [6.45, 7) is 4.80. The number of ether oxygens (including phenoxy) is 4. The standard InChI is InChI=1S/C24H31NO6/c1-18(26)16-30-15-14-29-13-12-28-11-10-25-24(27)31-17-23-21-8-4-2-6-19(21)20-7-3-5-9-22(20)23/h2-9,18,23,26H,10-17H2,1H3,(H,25,27). The number of benzene rings is 2. The third-order valence-corrected chi connectivity index (χ3v) is 4.96. The van der Waals surface area contributed by atoms with Gasteiger partial charge in [-0.1, -0.05) is 48.5 Å². The molecular weight excluding hydrogens is 398 g/mol. The molecule has 0 saturated heterocycles. The number of hydrogen-bond acceptors (Lipinski definition) is 6. The van der Waals surface area contributed by atoms with Gasteiger partial charge < -0.3 is 29.4 Å². The minimum absolute atomic E-state index is 0.0520. The van der Waals surface area contributed by atoms with Gasteiger partial charge in [0.15, 0.2) is 0 Å². The highest BCUT2D eigenvalue weighted by molar-refractivity contribution is 5.79. The maximum absolute atomic E-state index is 12.1. The number of amides is 1. The molecule has 1 atom stereocenters. The maximum atomic E-state index is 12.1. The third kappa shape index (κ3) is 7.04. The zero-order valence-electron chi connectivity index (χ0n) is 17.9. The summed E-state index contributed by atoms with van der Waals surface area (Å²) in [6.07, 6.45) is -0.913. The molecule has 0 bridgehead atoms. The molecule has 1 unspecified atom stereocenters. The van der Waals surface area contributed by atoms with Gasteiger partial charge >= 0.3 is 6.09 Å². The SMILES string of the molecule is CC(O)COCCOCCOCCNC(=O)OCC1c2ccccc2-c2ccccc21. The Kier molecular flexibility index (Phi) is 9.30. The van der Waals surface area contributed by atoms with Crippen LogP contribution in [0, 0.1) is 0 Å². The lowest BCUT2D eigenvalue weighted by Gasteiger charge is -2.14. The predicted octanol–water partition coefficient (Wildman–Crippen LogP) is 2.96. The second kappa shape index (κ2) is 12.4. The first kappa shape index (κ1) is 23.2. The van der Waals surface area contributed by atoms with Gasteiger partial charge in [0, 0.05) is 12.5 Å². The molecule has 1 aliphatic carbocycles. The summed E-state index contributed by atoms with van der Waals surface area (Å²) in [5.41, 5.74) is 4.79. The van der Waals surface area contributed by atoms with Crippen molar-refractivity contribution in [1.82, 2.24) is 5.32 Å². The number of carbonyl (C=O) groups excluding carboxylic acids is 1. The monoisotopic (exact) mass is 429 g/mol. The molecule has 168 valence electrons. The molecule has 1 amide bonds. The molecule has 2 aromatic carbocycles. The maximum Gasteiger partial charge on any atom is 0.407 e. The van der Waals surface area contributed by atoms with Crippen LogP contribution in [0.5, 0.6) is 0 Å². The average Bonchev–Trinajstić information content (AvgIpc) is 3.09. The normalized spacial score (nSPS) is 13.5.